The van der Waals surface area contributed by atoms with Crippen LogP contribution in [0.2, 0.25) is 0 Å². The van der Waals surface area contributed by atoms with Crippen LogP contribution in [0.3, 0.4) is 0 Å². The maximum atomic E-state index is 11.8. The second-order valence-corrected chi connectivity index (χ2v) is 5.44. The van der Waals surface area contributed by atoms with E-state index in [1.807, 2.05) is 50.2 Å². The Labute approximate surface area is 136 Å². The van der Waals surface area contributed by atoms with E-state index in [9.17, 15) is 4.79 Å². The van der Waals surface area contributed by atoms with Crippen LogP contribution in [0.25, 0.3) is 0 Å². The number of amides is 2. The predicted molar refractivity (Wildman–Crippen MR) is 93.9 cm³/mol. The number of nitrogens with one attached hydrogen (secondary N) is 2. The summed E-state index contributed by atoms with van der Waals surface area (Å²) in [6, 6.07) is 13.1. The summed E-state index contributed by atoms with van der Waals surface area (Å²) < 4.78 is 5.68. The fourth-order valence-corrected chi connectivity index (χ4v) is 2.12. The average molecular weight is 313 g/mol. The summed E-state index contributed by atoms with van der Waals surface area (Å²) in [6.07, 6.45) is 0.727. The molecular weight excluding hydrogens is 290 g/mol. The van der Waals surface area contributed by atoms with E-state index in [2.05, 4.69) is 10.6 Å². The third kappa shape index (κ3) is 5.21. The summed E-state index contributed by atoms with van der Waals surface area (Å²) in [5, 5.41) is 5.55. The molecular formula is C18H23N3O2. The quantitative estimate of drug-likeness (QED) is 0.564. The van der Waals surface area contributed by atoms with E-state index < -0.39 is 0 Å². The van der Waals surface area contributed by atoms with Crippen LogP contribution in [-0.2, 0) is 0 Å². The molecule has 2 amide bonds. The molecule has 0 aliphatic heterocycles. The van der Waals surface area contributed by atoms with Gasteiger partial charge in [0.2, 0.25) is 0 Å². The van der Waals surface area contributed by atoms with E-state index in [1.54, 1.807) is 6.07 Å². The van der Waals surface area contributed by atoms with Gasteiger partial charge in [0.05, 0.1) is 18.0 Å². The lowest BCUT2D eigenvalue weighted by molar-refractivity contribution is 0.250. The number of para-hydroxylation sites is 1. The molecule has 0 spiro atoms. The molecule has 23 heavy (non-hydrogen) atoms. The molecule has 0 saturated heterocycles. The van der Waals surface area contributed by atoms with Crippen molar-refractivity contribution < 1.29 is 9.53 Å². The van der Waals surface area contributed by atoms with Crippen molar-refractivity contribution in [3.63, 3.8) is 0 Å². The van der Waals surface area contributed by atoms with Gasteiger partial charge in [0.15, 0.2) is 0 Å². The van der Waals surface area contributed by atoms with Gasteiger partial charge in [-0.3, -0.25) is 0 Å². The van der Waals surface area contributed by atoms with Crippen LogP contribution in [0.15, 0.2) is 42.5 Å². The van der Waals surface area contributed by atoms with Crippen LogP contribution < -0.4 is 21.1 Å². The van der Waals surface area contributed by atoms with Gasteiger partial charge in [-0.1, -0.05) is 24.3 Å². The van der Waals surface area contributed by atoms with E-state index in [-0.39, 0.29) is 6.03 Å². The first-order chi connectivity index (χ1) is 11.1. The van der Waals surface area contributed by atoms with Gasteiger partial charge >= 0.3 is 6.03 Å². The van der Waals surface area contributed by atoms with Gasteiger partial charge in [0, 0.05) is 6.54 Å². The standard InChI is InChI=1S/C18H23N3O2/c1-13-8-9-15(19)16(12-13)21-18(22)20-10-5-11-23-17-7-4-3-6-14(17)2/h3-4,6-9,12H,5,10-11,19H2,1-2H3,(H2,20,21,22). The largest absolute Gasteiger partial charge is 0.493 e. The van der Waals surface area contributed by atoms with Gasteiger partial charge in [0.1, 0.15) is 5.75 Å². The van der Waals surface area contributed by atoms with Crippen LogP contribution in [0.5, 0.6) is 5.75 Å². The molecule has 4 N–H and O–H groups in total. The van der Waals surface area contributed by atoms with Gasteiger partial charge in [-0.15, -0.1) is 0 Å². The number of benzene rings is 2. The zero-order chi connectivity index (χ0) is 16.7. The summed E-state index contributed by atoms with van der Waals surface area (Å²) >= 11 is 0. The van der Waals surface area contributed by atoms with Gasteiger partial charge in [-0.05, 0) is 49.6 Å². The summed E-state index contributed by atoms with van der Waals surface area (Å²) in [6.45, 7) is 5.04. The lowest BCUT2D eigenvalue weighted by Crippen LogP contribution is -2.30. The number of ether oxygens (including phenoxy) is 1. The topological polar surface area (TPSA) is 76.4 Å². The highest BCUT2D eigenvalue weighted by molar-refractivity contribution is 5.92. The monoisotopic (exact) mass is 313 g/mol. The molecule has 2 aromatic carbocycles. The molecule has 0 aliphatic carbocycles. The Morgan fingerprint density at radius 1 is 1.17 bits per heavy atom. The molecule has 122 valence electrons. The molecule has 5 nitrogen and oxygen atoms in total. The highest BCUT2D eigenvalue weighted by Gasteiger charge is 2.05. The minimum atomic E-state index is -0.266. The molecule has 2 aromatic rings. The lowest BCUT2D eigenvalue weighted by atomic mass is 10.2. The van der Waals surface area contributed by atoms with Gasteiger partial charge in [0.25, 0.3) is 0 Å². The van der Waals surface area contributed by atoms with Crippen molar-refractivity contribution in [1.29, 1.82) is 0 Å². The molecule has 0 radical (unpaired) electrons. The maximum absolute atomic E-state index is 11.8. The van der Waals surface area contributed by atoms with Crippen molar-refractivity contribution in [2.45, 2.75) is 20.3 Å². The SMILES string of the molecule is Cc1ccc(N)c(NC(=O)NCCCOc2ccccc2C)c1. The highest BCUT2D eigenvalue weighted by Crippen LogP contribution is 2.19. The van der Waals surface area contributed by atoms with E-state index in [0.29, 0.717) is 24.5 Å². The first-order valence-electron chi connectivity index (χ1n) is 7.65. The van der Waals surface area contributed by atoms with Crippen LogP contribution in [0.1, 0.15) is 17.5 Å². The van der Waals surface area contributed by atoms with Crippen LogP contribution >= 0.6 is 0 Å². The predicted octanol–water partition coefficient (Wildman–Crippen LogP) is 3.48. The molecule has 5 heteroatoms. The second-order valence-electron chi connectivity index (χ2n) is 5.44. The fraction of sp³-hybridized carbons (Fsp3) is 0.278. The summed E-state index contributed by atoms with van der Waals surface area (Å²) in [5.41, 5.74) is 9.15. The summed E-state index contributed by atoms with van der Waals surface area (Å²) in [5.74, 6) is 0.879. The smallest absolute Gasteiger partial charge is 0.319 e. The minimum Gasteiger partial charge on any atom is -0.493 e. The molecule has 2 rings (SSSR count). The number of nitrogen functional groups attached to an aromatic ring is 1. The van der Waals surface area contributed by atoms with E-state index in [4.69, 9.17) is 10.5 Å². The van der Waals surface area contributed by atoms with Gasteiger partial charge in [-0.25, -0.2) is 4.79 Å². The Morgan fingerprint density at radius 3 is 2.74 bits per heavy atom. The number of hydrogen-bond donors (Lipinski definition) is 3. The van der Waals surface area contributed by atoms with Crippen LogP contribution in [0, 0.1) is 13.8 Å². The number of aryl methyl sites for hydroxylation is 2. The van der Waals surface area contributed by atoms with E-state index in [1.165, 1.54) is 0 Å². The molecule has 0 atom stereocenters. The third-order valence-electron chi connectivity index (χ3n) is 3.41. The van der Waals surface area contributed by atoms with Crippen molar-refractivity contribution in [1.82, 2.24) is 5.32 Å². The van der Waals surface area contributed by atoms with Gasteiger partial charge < -0.3 is 21.1 Å². The Morgan fingerprint density at radius 2 is 1.96 bits per heavy atom. The Kier molecular flexibility index (Phi) is 5.86. The van der Waals surface area contributed by atoms with Crippen molar-refractivity contribution in [3.8, 4) is 5.75 Å². The number of rotatable bonds is 6. The number of nitrogens with two attached hydrogens (primary N) is 1. The van der Waals surface area contributed by atoms with Gasteiger partial charge in [-0.2, -0.15) is 0 Å². The molecule has 0 fully saturated rings. The second kappa shape index (κ2) is 8.08. The zero-order valence-corrected chi connectivity index (χ0v) is 13.6. The molecule has 0 heterocycles. The van der Waals surface area contributed by atoms with E-state index >= 15 is 0 Å². The maximum Gasteiger partial charge on any atom is 0.319 e. The summed E-state index contributed by atoms with van der Waals surface area (Å²) in [7, 11) is 0. The molecule has 0 bridgehead atoms. The number of anilines is 2. The third-order valence-corrected chi connectivity index (χ3v) is 3.41. The van der Waals surface area contributed by atoms with E-state index in [0.717, 1.165) is 23.3 Å². The fourth-order valence-electron chi connectivity index (χ4n) is 2.12. The minimum absolute atomic E-state index is 0.266. The number of hydrogen-bond acceptors (Lipinski definition) is 3. The molecule has 0 saturated carbocycles. The number of carbonyl (C=O) groups excluding carboxylic acids is 1. The normalized spacial score (nSPS) is 10.2. The summed E-state index contributed by atoms with van der Waals surface area (Å²) in [4.78, 5) is 11.8. The molecule has 0 aliphatic rings. The first kappa shape index (κ1) is 16.7. The van der Waals surface area contributed by atoms with Crippen LogP contribution in [0.4, 0.5) is 16.2 Å². The average Bonchev–Trinajstić information content (AvgIpc) is 2.52. The van der Waals surface area contributed by atoms with Crippen molar-refractivity contribution in [3.05, 3.63) is 53.6 Å². The van der Waals surface area contributed by atoms with Crippen molar-refractivity contribution in [2.24, 2.45) is 0 Å². The zero-order valence-electron chi connectivity index (χ0n) is 13.6. The first-order valence-corrected chi connectivity index (χ1v) is 7.65. The number of carbonyl (C=O) groups is 1. The molecule has 0 aromatic heterocycles. The Bertz CT molecular complexity index is 671. The number of urea groups is 1. The van der Waals surface area contributed by atoms with Crippen molar-refractivity contribution in [2.75, 3.05) is 24.2 Å². The Hall–Kier alpha value is -2.69. The molecule has 0 unspecified atom stereocenters. The lowest BCUT2D eigenvalue weighted by Gasteiger charge is -2.11. The Balaban J connectivity index is 1.69. The van der Waals surface area contributed by atoms with Crippen molar-refractivity contribution >= 4 is 17.4 Å². The van der Waals surface area contributed by atoms with Crippen LogP contribution in [-0.4, -0.2) is 19.2 Å². The highest BCUT2D eigenvalue weighted by atomic mass is 16.5.